The number of para-hydroxylation sites is 2. The van der Waals surface area contributed by atoms with Crippen molar-refractivity contribution in [1.82, 2.24) is 0 Å². The van der Waals surface area contributed by atoms with Crippen LogP contribution in [0.3, 0.4) is 0 Å². The molecule has 4 N–H and O–H groups in total. The first-order valence-electron chi connectivity index (χ1n) is 6.73. The second kappa shape index (κ2) is 7.31. The van der Waals surface area contributed by atoms with E-state index < -0.39 is 0 Å². The number of carbonyl (C=O) groups is 1. The molecule has 2 aromatic rings. The highest BCUT2D eigenvalue weighted by Gasteiger charge is 2.06. The van der Waals surface area contributed by atoms with Crippen LogP contribution >= 0.6 is 0 Å². The van der Waals surface area contributed by atoms with E-state index in [1.165, 1.54) is 0 Å². The van der Waals surface area contributed by atoms with E-state index in [0.717, 1.165) is 17.7 Å². The lowest BCUT2D eigenvalue weighted by molar-refractivity contribution is 0.262. The molecule has 0 saturated heterocycles. The number of nitrogens with one attached hydrogen (secondary N) is 2. The molecule has 2 rings (SSSR count). The van der Waals surface area contributed by atoms with Gasteiger partial charge in [0.05, 0.1) is 12.8 Å². The molecular weight excluding hydrogens is 266 g/mol. The minimum atomic E-state index is -0.314. The number of hydrogen-bond donors (Lipinski definition) is 3. The Morgan fingerprint density at radius 3 is 2.48 bits per heavy atom. The summed E-state index contributed by atoms with van der Waals surface area (Å²) >= 11 is 0. The van der Waals surface area contributed by atoms with Gasteiger partial charge in [-0.1, -0.05) is 24.3 Å². The number of methoxy groups -OCH3 is 1. The molecule has 0 aromatic heterocycles. The van der Waals surface area contributed by atoms with E-state index in [2.05, 4.69) is 10.6 Å². The molecule has 0 heterocycles. The minimum Gasteiger partial charge on any atom is -0.495 e. The Morgan fingerprint density at radius 1 is 1.10 bits per heavy atom. The van der Waals surface area contributed by atoms with Crippen molar-refractivity contribution in [3.63, 3.8) is 0 Å². The van der Waals surface area contributed by atoms with Gasteiger partial charge in [-0.2, -0.15) is 0 Å². The molecule has 0 unspecified atom stereocenters. The fourth-order valence-electron chi connectivity index (χ4n) is 1.95. The number of urea groups is 1. The van der Waals surface area contributed by atoms with Crippen molar-refractivity contribution in [1.29, 1.82) is 0 Å². The maximum absolute atomic E-state index is 12.0. The van der Waals surface area contributed by atoms with Crippen LogP contribution in [0.15, 0.2) is 48.5 Å². The van der Waals surface area contributed by atoms with Crippen LogP contribution in [-0.2, 0) is 6.42 Å². The van der Waals surface area contributed by atoms with Crippen LogP contribution in [0.25, 0.3) is 0 Å². The van der Waals surface area contributed by atoms with Crippen LogP contribution in [0.2, 0.25) is 0 Å². The highest BCUT2D eigenvalue weighted by molar-refractivity contribution is 6.00. The Morgan fingerprint density at radius 2 is 1.81 bits per heavy atom. The van der Waals surface area contributed by atoms with E-state index in [9.17, 15) is 4.79 Å². The van der Waals surface area contributed by atoms with Crippen LogP contribution in [0, 0.1) is 0 Å². The summed E-state index contributed by atoms with van der Waals surface area (Å²) in [4.78, 5) is 12.0. The molecule has 21 heavy (non-hydrogen) atoms. The first-order chi connectivity index (χ1) is 10.2. The fraction of sp³-hybridized carbons (Fsp3) is 0.188. The Balaban J connectivity index is 1.98. The zero-order chi connectivity index (χ0) is 15.1. The highest BCUT2D eigenvalue weighted by Crippen LogP contribution is 2.23. The van der Waals surface area contributed by atoms with Crippen LogP contribution in [0.5, 0.6) is 5.75 Å². The molecule has 0 aliphatic rings. The molecular formula is C16H19N3O2. The second-order valence-corrected chi connectivity index (χ2v) is 4.52. The number of rotatable bonds is 5. The third kappa shape index (κ3) is 4.22. The van der Waals surface area contributed by atoms with Gasteiger partial charge in [0.2, 0.25) is 0 Å². The zero-order valence-electron chi connectivity index (χ0n) is 11.9. The van der Waals surface area contributed by atoms with Gasteiger partial charge >= 0.3 is 6.03 Å². The van der Waals surface area contributed by atoms with Crippen molar-refractivity contribution in [2.45, 2.75) is 6.42 Å². The van der Waals surface area contributed by atoms with Crippen molar-refractivity contribution in [2.24, 2.45) is 5.73 Å². The van der Waals surface area contributed by atoms with E-state index in [-0.39, 0.29) is 6.03 Å². The van der Waals surface area contributed by atoms with Crippen molar-refractivity contribution >= 4 is 17.4 Å². The van der Waals surface area contributed by atoms with Crippen molar-refractivity contribution in [2.75, 3.05) is 24.3 Å². The lowest BCUT2D eigenvalue weighted by Crippen LogP contribution is -2.19. The molecule has 0 aliphatic carbocycles. The van der Waals surface area contributed by atoms with Crippen LogP contribution in [0.1, 0.15) is 5.56 Å². The maximum atomic E-state index is 12.0. The van der Waals surface area contributed by atoms with Gasteiger partial charge in [-0.05, 0) is 42.8 Å². The van der Waals surface area contributed by atoms with Gasteiger partial charge in [0.1, 0.15) is 5.75 Å². The molecule has 2 aromatic carbocycles. The predicted molar refractivity (Wildman–Crippen MR) is 84.8 cm³/mol. The number of benzene rings is 2. The monoisotopic (exact) mass is 285 g/mol. The fourth-order valence-corrected chi connectivity index (χ4v) is 1.95. The lowest BCUT2D eigenvalue weighted by atomic mass is 10.1. The summed E-state index contributed by atoms with van der Waals surface area (Å²) in [6.45, 7) is 0.612. The molecule has 0 radical (unpaired) electrons. The van der Waals surface area contributed by atoms with Gasteiger partial charge in [-0.15, -0.1) is 0 Å². The smallest absolute Gasteiger partial charge is 0.323 e. The van der Waals surface area contributed by atoms with E-state index in [1.807, 2.05) is 36.4 Å². The Hall–Kier alpha value is -2.53. The molecule has 0 fully saturated rings. The van der Waals surface area contributed by atoms with Crippen LogP contribution < -0.4 is 21.1 Å². The largest absolute Gasteiger partial charge is 0.495 e. The van der Waals surface area contributed by atoms with Crippen LogP contribution in [0.4, 0.5) is 16.2 Å². The summed E-state index contributed by atoms with van der Waals surface area (Å²) in [7, 11) is 1.56. The normalized spacial score (nSPS) is 10.0. The third-order valence-electron chi connectivity index (χ3n) is 3.00. The second-order valence-electron chi connectivity index (χ2n) is 4.52. The summed E-state index contributed by atoms with van der Waals surface area (Å²) in [6, 6.07) is 14.5. The first-order valence-corrected chi connectivity index (χ1v) is 6.73. The van der Waals surface area contributed by atoms with E-state index >= 15 is 0 Å². The number of amides is 2. The van der Waals surface area contributed by atoms with Gasteiger partial charge < -0.3 is 21.1 Å². The van der Waals surface area contributed by atoms with Crippen molar-refractivity contribution < 1.29 is 9.53 Å². The Labute approximate surface area is 124 Å². The van der Waals surface area contributed by atoms with E-state index in [1.54, 1.807) is 19.2 Å². The van der Waals surface area contributed by atoms with Crippen molar-refractivity contribution in [3.05, 3.63) is 54.1 Å². The molecule has 0 bridgehead atoms. The molecule has 5 heteroatoms. The average Bonchev–Trinajstić information content (AvgIpc) is 2.50. The van der Waals surface area contributed by atoms with Crippen molar-refractivity contribution in [3.8, 4) is 5.75 Å². The molecule has 2 amide bonds. The quantitative estimate of drug-likeness (QED) is 0.790. The topological polar surface area (TPSA) is 76.4 Å². The molecule has 110 valence electrons. The minimum absolute atomic E-state index is 0.314. The van der Waals surface area contributed by atoms with Crippen LogP contribution in [-0.4, -0.2) is 19.7 Å². The molecule has 0 spiro atoms. The Bertz CT molecular complexity index is 597. The van der Waals surface area contributed by atoms with Gasteiger partial charge in [0.25, 0.3) is 0 Å². The number of nitrogens with two attached hydrogens (primary N) is 1. The number of anilines is 2. The SMILES string of the molecule is COc1ccccc1NC(=O)Nc1ccc(CCN)cc1. The van der Waals surface area contributed by atoms with Gasteiger partial charge in [0.15, 0.2) is 0 Å². The predicted octanol–water partition coefficient (Wildman–Crippen LogP) is 2.84. The molecule has 0 atom stereocenters. The molecule has 0 aliphatic heterocycles. The summed E-state index contributed by atoms with van der Waals surface area (Å²) in [5.74, 6) is 0.617. The standard InChI is InChI=1S/C16H19N3O2/c1-21-15-5-3-2-4-14(15)19-16(20)18-13-8-6-12(7-9-13)10-11-17/h2-9H,10-11,17H2,1H3,(H2,18,19,20). The number of hydrogen-bond acceptors (Lipinski definition) is 3. The Kier molecular flexibility index (Phi) is 5.17. The van der Waals surface area contributed by atoms with Gasteiger partial charge in [-0.25, -0.2) is 4.79 Å². The zero-order valence-corrected chi connectivity index (χ0v) is 11.9. The summed E-state index contributed by atoms with van der Waals surface area (Å²) in [5.41, 5.74) is 8.00. The van der Waals surface area contributed by atoms with Gasteiger partial charge in [-0.3, -0.25) is 0 Å². The van der Waals surface area contributed by atoms with Gasteiger partial charge in [0, 0.05) is 5.69 Å². The summed E-state index contributed by atoms with van der Waals surface area (Å²) < 4.78 is 5.18. The lowest BCUT2D eigenvalue weighted by Gasteiger charge is -2.11. The van der Waals surface area contributed by atoms with E-state index in [0.29, 0.717) is 18.0 Å². The third-order valence-corrected chi connectivity index (χ3v) is 3.00. The first kappa shape index (κ1) is 14.9. The average molecular weight is 285 g/mol. The summed E-state index contributed by atoms with van der Waals surface area (Å²) in [5, 5.41) is 5.53. The number of ether oxygens (including phenoxy) is 1. The molecule has 0 saturated carbocycles. The van der Waals surface area contributed by atoms with E-state index in [4.69, 9.17) is 10.5 Å². The molecule has 5 nitrogen and oxygen atoms in total. The highest BCUT2D eigenvalue weighted by atomic mass is 16.5. The maximum Gasteiger partial charge on any atom is 0.323 e. The number of carbonyl (C=O) groups excluding carboxylic acids is 1. The summed E-state index contributed by atoms with van der Waals surface area (Å²) in [6.07, 6.45) is 0.827.